The van der Waals surface area contributed by atoms with E-state index in [1.807, 2.05) is 57.2 Å². The summed E-state index contributed by atoms with van der Waals surface area (Å²) in [4.78, 5) is 31.7. The Morgan fingerprint density at radius 2 is 1.94 bits per heavy atom. The zero-order chi connectivity index (χ0) is 22.5. The van der Waals surface area contributed by atoms with E-state index in [9.17, 15) is 9.59 Å². The molecule has 0 fully saturated rings. The van der Waals surface area contributed by atoms with Crippen molar-refractivity contribution in [3.8, 4) is 5.88 Å². The van der Waals surface area contributed by atoms with Gasteiger partial charge in [0.2, 0.25) is 11.8 Å². The number of benzene rings is 1. The maximum Gasteiger partial charge on any atom is 0.261 e. The molecular weight excluding hydrogens is 394 g/mol. The number of fused-ring (bicyclic) bond motifs is 1. The zero-order valence-corrected chi connectivity index (χ0v) is 18.7. The summed E-state index contributed by atoms with van der Waals surface area (Å²) in [5, 5.41) is 8.03. The molecule has 0 radical (unpaired) electrons. The maximum atomic E-state index is 13.0. The monoisotopic (exact) mass is 423 g/mol. The van der Waals surface area contributed by atoms with E-state index in [4.69, 9.17) is 4.74 Å². The van der Waals surface area contributed by atoms with Gasteiger partial charge in [-0.2, -0.15) is 0 Å². The van der Waals surface area contributed by atoms with Crippen molar-refractivity contribution in [1.82, 2.24) is 19.7 Å². The molecular formula is C23H29N5O3. The molecule has 3 rings (SSSR count). The lowest BCUT2D eigenvalue weighted by Crippen LogP contribution is -2.47. The first kappa shape index (κ1) is 22.3. The Morgan fingerprint density at radius 3 is 2.61 bits per heavy atom. The third kappa shape index (κ3) is 5.02. The summed E-state index contributed by atoms with van der Waals surface area (Å²) >= 11 is 0. The van der Waals surface area contributed by atoms with Gasteiger partial charge in [-0.3, -0.25) is 9.59 Å². The molecule has 3 aromatic rings. The van der Waals surface area contributed by atoms with E-state index in [2.05, 4.69) is 15.4 Å². The van der Waals surface area contributed by atoms with Crippen molar-refractivity contribution in [2.24, 2.45) is 7.05 Å². The molecule has 8 nitrogen and oxygen atoms in total. The Hall–Kier alpha value is -3.42. The van der Waals surface area contributed by atoms with E-state index in [0.29, 0.717) is 23.8 Å². The van der Waals surface area contributed by atoms with Gasteiger partial charge in [-0.25, -0.2) is 9.67 Å². The van der Waals surface area contributed by atoms with Crippen LogP contribution in [0.4, 0.5) is 5.69 Å². The van der Waals surface area contributed by atoms with E-state index in [1.54, 1.807) is 23.6 Å². The van der Waals surface area contributed by atoms with Gasteiger partial charge in [-0.15, -0.1) is 5.10 Å². The van der Waals surface area contributed by atoms with Crippen LogP contribution >= 0.6 is 0 Å². The summed E-state index contributed by atoms with van der Waals surface area (Å²) in [6.07, 6.45) is 0.726. The van der Waals surface area contributed by atoms with E-state index < -0.39 is 6.04 Å². The van der Waals surface area contributed by atoms with E-state index >= 15 is 0 Å². The third-order valence-electron chi connectivity index (χ3n) is 5.09. The lowest BCUT2D eigenvalue weighted by Gasteiger charge is -2.28. The van der Waals surface area contributed by atoms with Crippen molar-refractivity contribution in [2.45, 2.75) is 40.2 Å². The van der Waals surface area contributed by atoms with Crippen LogP contribution in [0.2, 0.25) is 0 Å². The van der Waals surface area contributed by atoms with Gasteiger partial charge < -0.3 is 15.0 Å². The molecule has 8 heteroatoms. The molecule has 2 heterocycles. The highest BCUT2D eigenvalue weighted by molar-refractivity contribution is 5.97. The first-order chi connectivity index (χ1) is 14.8. The predicted octanol–water partition coefficient (Wildman–Crippen LogP) is 3.23. The lowest BCUT2D eigenvalue weighted by molar-refractivity contribution is -0.139. The number of hydrogen-bond donors (Lipinski definition) is 1. The van der Waals surface area contributed by atoms with Gasteiger partial charge in [0.15, 0.2) is 12.3 Å². The van der Waals surface area contributed by atoms with Gasteiger partial charge in [0, 0.05) is 25.0 Å². The summed E-state index contributed by atoms with van der Waals surface area (Å²) in [5.41, 5.74) is 3.28. The first-order valence-electron chi connectivity index (χ1n) is 10.4. The Kier molecular flexibility index (Phi) is 6.89. The normalized spacial score (nSPS) is 11.9. The minimum absolute atomic E-state index is 0.206. The number of amides is 2. The molecule has 1 aromatic carbocycles. The highest BCUT2D eigenvalue weighted by Gasteiger charge is 2.26. The second kappa shape index (κ2) is 9.59. The number of aromatic nitrogens is 3. The van der Waals surface area contributed by atoms with Crippen LogP contribution in [0.15, 0.2) is 36.4 Å². The molecule has 31 heavy (non-hydrogen) atoms. The molecule has 2 amide bonds. The molecule has 1 unspecified atom stereocenters. The quantitative estimate of drug-likeness (QED) is 0.601. The van der Waals surface area contributed by atoms with E-state index in [1.165, 1.54) is 0 Å². The van der Waals surface area contributed by atoms with Crippen LogP contribution in [0.5, 0.6) is 5.88 Å². The van der Waals surface area contributed by atoms with Crippen LogP contribution < -0.4 is 10.1 Å². The molecule has 0 bridgehead atoms. The number of carbonyl (C=O) groups excluding carboxylic acids is 2. The summed E-state index contributed by atoms with van der Waals surface area (Å²) in [6, 6.07) is 10.5. The number of nitrogens with zero attached hydrogens (tertiary/aromatic N) is 4. The van der Waals surface area contributed by atoms with E-state index in [0.717, 1.165) is 23.1 Å². The standard InChI is InChI=1S/C23H29N5O3/c1-6-12-28(17(4)22(30)25-18-10-8-7-9-11-18)19(29)14-31-23-20-15(2)13-16(3)24-21(20)27(5)26-23/h7-11,13,17H,6,12,14H2,1-5H3,(H,25,30). The van der Waals surface area contributed by atoms with Crippen LogP contribution in [0.1, 0.15) is 31.5 Å². The topological polar surface area (TPSA) is 89.4 Å². The van der Waals surface area contributed by atoms with Crippen molar-refractivity contribution in [3.05, 3.63) is 47.7 Å². The SMILES string of the molecule is CCCN(C(=O)COc1nn(C)c2nc(C)cc(C)c12)C(C)C(=O)Nc1ccccc1. The summed E-state index contributed by atoms with van der Waals surface area (Å²) < 4.78 is 7.45. The van der Waals surface area contributed by atoms with Gasteiger partial charge >= 0.3 is 0 Å². The average Bonchev–Trinajstić information content (AvgIpc) is 3.06. The largest absolute Gasteiger partial charge is 0.466 e. The Bertz CT molecular complexity index is 1080. The fraction of sp³-hybridized carbons (Fsp3) is 0.391. The smallest absolute Gasteiger partial charge is 0.261 e. The van der Waals surface area contributed by atoms with Gasteiger partial charge in [0.05, 0.1) is 5.39 Å². The van der Waals surface area contributed by atoms with Crippen molar-refractivity contribution in [1.29, 1.82) is 0 Å². The van der Waals surface area contributed by atoms with Gasteiger partial charge in [0.25, 0.3) is 5.91 Å². The Labute approximate surface area is 182 Å². The van der Waals surface area contributed by atoms with Gasteiger partial charge in [-0.1, -0.05) is 25.1 Å². The maximum absolute atomic E-state index is 13.0. The van der Waals surface area contributed by atoms with Crippen molar-refractivity contribution < 1.29 is 14.3 Å². The number of nitrogens with one attached hydrogen (secondary N) is 1. The number of aryl methyl sites for hydroxylation is 3. The predicted molar refractivity (Wildman–Crippen MR) is 120 cm³/mol. The number of ether oxygens (including phenoxy) is 1. The van der Waals surface area contributed by atoms with Crippen molar-refractivity contribution in [2.75, 3.05) is 18.5 Å². The molecule has 0 aliphatic heterocycles. The van der Waals surface area contributed by atoms with Gasteiger partial charge in [-0.05, 0) is 51.0 Å². The highest BCUT2D eigenvalue weighted by atomic mass is 16.5. The molecule has 164 valence electrons. The average molecular weight is 424 g/mol. The van der Waals surface area contributed by atoms with Crippen LogP contribution in [0, 0.1) is 13.8 Å². The number of para-hydroxylation sites is 1. The second-order valence-corrected chi connectivity index (χ2v) is 7.61. The minimum atomic E-state index is -0.636. The lowest BCUT2D eigenvalue weighted by atomic mass is 10.2. The molecule has 0 saturated carbocycles. The van der Waals surface area contributed by atoms with Gasteiger partial charge in [0.1, 0.15) is 6.04 Å². The Morgan fingerprint density at radius 1 is 1.23 bits per heavy atom. The number of carbonyl (C=O) groups is 2. The summed E-state index contributed by atoms with van der Waals surface area (Å²) in [7, 11) is 1.79. The third-order valence-corrected chi connectivity index (χ3v) is 5.09. The zero-order valence-electron chi connectivity index (χ0n) is 18.7. The van der Waals surface area contributed by atoms with Crippen LogP contribution in [-0.2, 0) is 16.6 Å². The second-order valence-electron chi connectivity index (χ2n) is 7.61. The molecule has 2 aromatic heterocycles. The van der Waals surface area contributed by atoms with Crippen LogP contribution in [0.25, 0.3) is 11.0 Å². The summed E-state index contributed by atoms with van der Waals surface area (Å²) in [5.74, 6) is -0.144. The minimum Gasteiger partial charge on any atom is -0.466 e. The molecule has 1 atom stereocenters. The molecule has 0 spiro atoms. The highest BCUT2D eigenvalue weighted by Crippen LogP contribution is 2.27. The fourth-order valence-corrected chi connectivity index (χ4v) is 3.55. The van der Waals surface area contributed by atoms with Crippen LogP contribution in [0.3, 0.4) is 0 Å². The van der Waals surface area contributed by atoms with Crippen molar-refractivity contribution in [3.63, 3.8) is 0 Å². The number of rotatable bonds is 8. The summed E-state index contributed by atoms with van der Waals surface area (Å²) in [6.45, 7) is 7.82. The molecule has 0 aliphatic carbocycles. The fourth-order valence-electron chi connectivity index (χ4n) is 3.55. The molecule has 0 saturated heterocycles. The van der Waals surface area contributed by atoms with Crippen LogP contribution in [-0.4, -0.2) is 50.7 Å². The first-order valence-corrected chi connectivity index (χ1v) is 10.4. The Balaban J connectivity index is 1.72. The molecule has 0 aliphatic rings. The number of anilines is 1. The number of hydrogen-bond acceptors (Lipinski definition) is 5. The van der Waals surface area contributed by atoms with E-state index in [-0.39, 0.29) is 18.4 Å². The van der Waals surface area contributed by atoms with Crippen molar-refractivity contribution >= 4 is 28.5 Å². The molecule has 1 N–H and O–H groups in total. The number of pyridine rings is 1.